The van der Waals surface area contributed by atoms with Crippen LogP contribution in [-0.4, -0.2) is 39.6 Å². The zero-order valence-corrected chi connectivity index (χ0v) is 11.5. The molecule has 0 amide bonds. The molecule has 3 aromatic heterocycles. The Morgan fingerprint density at radius 3 is 2.81 bits per heavy atom. The molecule has 0 saturated carbocycles. The SMILES string of the molecule is COc1cnc(C(=O)c2cnn3ccccc23)c(OC)n1. The Morgan fingerprint density at radius 2 is 2.05 bits per heavy atom. The third-order valence-electron chi connectivity index (χ3n) is 3.01. The average Bonchev–Trinajstić information content (AvgIpc) is 2.97. The first-order valence-corrected chi connectivity index (χ1v) is 6.16. The first-order chi connectivity index (χ1) is 10.2. The lowest BCUT2D eigenvalue weighted by Crippen LogP contribution is -2.08. The second kappa shape index (κ2) is 5.20. The molecular weight excluding hydrogens is 272 g/mol. The van der Waals surface area contributed by atoms with Crippen molar-refractivity contribution in [2.75, 3.05) is 14.2 Å². The van der Waals surface area contributed by atoms with Crippen LogP contribution in [0.2, 0.25) is 0 Å². The lowest BCUT2D eigenvalue weighted by Gasteiger charge is -2.06. The number of ether oxygens (including phenoxy) is 2. The second-order valence-corrected chi connectivity index (χ2v) is 4.19. The van der Waals surface area contributed by atoms with E-state index in [0.29, 0.717) is 11.1 Å². The summed E-state index contributed by atoms with van der Waals surface area (Å²) in [5.41, 5.74) is 1.26. The summed E-state index contributed by atoms with van der Waals surface area (Å²) in [7, 11) is 2.90. The molecule has 0 spiro atoms. The van der Waals surface area contributed by atoms with Crippen molar-refractivity contribution in [1.82, 2.24) is 19.6 Å². The van der Waals surface area contributed by atoms with Crippen molar-refractivity contribution in [3.8, 4) is 11.8 Å². The van der Waals surface area contributed by atoms with Gasteiger partial charge in [0.1, 0.15) is 0 Å². The Hall–Kier alpha value is -2.96. The molecule has 0 radical (unpaired) electrons. The highest BCUT2D eigenvalue weighted by Crippen LogP contribution is 2.22. The van der Waals surface area contributed by atoms with Crippen LogP contribution in [0.25, 0.3) is 5.52 Å². The van der Waals surface area contributed by atoms with Gasteiger partial charge >= 0.3 is 0 Å². The van der Waals surface area contributed by atoms with Gasteiger partial charge in [-0.25, -0.2) is 9.50 Å². The van der Waals surface area contributed by atoms with Crippen LogP contribution in [0.3, 0.4) is 0 Å². The molecule has 7 nitrogen and oxygen atoms in total. The topological polar surface area (TPSA) is 78.6 Å². The number of rotatable bonds is 4. The van der Waals surface area contributed by atoms with Gasteiger partial charge < -0.3 is 9.47 Å². The summed E-state index contributed by atoms with van der Waals surface area (Å²) in [6.45, 7) is 0. The lowest BCUT2D eigenvalue weighted by atomic mass is 10.1. The summed E-state index contributed by atoms with van der Waals surface area (Å²) in [6, 6.07) is 5.48. The Labute approximate surface area is 120 Å². The molecule has 3 rings (SSSR count). The molecule has 0 aliphatic carbocycles. The van der Waals surface area contributed by atoms with Crippen molar-refractivity contribution in [2.45, 2.75) is 0 Å². The number of pyridine rings is 1. The van der Waals surface area contributed by atoms with E-state index in [1.807, 2.05) is 18.2 Å². The second-order valence-electron chi connectivity index (χ2n) is 4.19. The third kappa shape index (κ3) is 2.18. The Bertz CT molecular complexity index is 813. The number of carbonyl (C=O) groups excluding carboxylic acids is 1. The number of aromatic nitrogens is 4. The molecule has 0 N–H and O–H groups in total. The smallest absolute Gasteiger partial charge is 0.247 e. The first kappa shape index (κ1) is 13.0. The molecule has 3 heterocycles. The zero-order chi connectivity index (χ0) is 14.8. The fourth-order valence-corrected chi connectivity index (χ4v) is 1.99. The molecule has 0 saturated heterocycles. The summed E-state index contributed by atoms with van der Waals surface area (Å²) in [6.07, 6.45) is 4.65. The predicted molar refractivity (Wildman–Crippen MR) is 73.8 cm³/mol. The van der Waals surface area contributed by atoms with Gasteiger partial charge in [-0.3, -0.25) is 4.79 Å². The van der Waals surface area contributed by atoms with E-state index in [1.54, 1.807) is 10.7 Å². The number of fused-ring (bicyclic) bond motifs is 1. The summed E-state index contributed by atoms with van der Waals surface area (Å²) in [4.78, 5) is 20.8. The van der Waals surface area contributed by atoms with E-state index < -0.39 is 0 Å². The summed E-state index contributed by atoms with van der Waals surface area (Å²) in [5, 5.41) is 4.14. The van der Waals surface area contributed by atoms with Crippen molar-refractivity contribution < 1.29 is 14.3 Å². The fourth-order valence-electron chi connectivity index (χ4n) is 1.99. The number of nitrogens with zero attached hydrogens (tertiary/aromatic N) is 4. The van der Waals surface area contributed by atoms with E-state index in [0.717, 1.165) is 0 Å². The fraction of sp³-hybridized carbons (Fsp3) is 0.143. The van der Waals surface area contributed by atoms with Gasteiger partial charge in [0.05, 0.1) is 37.7 Å². The van der Waals surface area contributed by atoms with Crippen molar-refractivity contribution in [2.24, 2.45) is 0 Å². The van der Waals surface area contributed by atoms with Crippen LogP contribution in [0.1, 0.15) is 16.1 Å². The summed E-state index contributed by atoms with van der Waals surface area (Å²) in [5.74, 6) is 0.0982. The maximum atomic E-state index is 12.6. The van der Waals surface area contributed by atoms with Gasteiger partial charge in [-0.05, 0) is 12.1 Å². The lowest BCUT2D eigenvalue weighted by molar-refractivity contribution is 0.103. The van der Waals surface area contributed by atoms with E-state index in [9.17, 15) is 4.79 Å². The molecule has 3 aromatic rings. The zero-order valence-electron chi connectivity index (χ0n) is 11.5. The molecule has 21 heavy (non-hydrogen) atoms. The number of methoxy groups -OCH3 is 2. The molecule has 0 aromatic carbocycles. The summed E-state index contributed by atoms with van der Waals surface area (Å²) < 4.78 is 11.7. The van der Waals surface area contributed by atoms with Gasteiger partial charge in [0.15, 0.2) is 5.69 Å². The van der Waals surface area contributed by atoms with Crippen LogP contribution in [0, 0.1) is 0 Å². The van der Waals surface area contributed by atoms with E-state index in [2.05, 4.69) is 15.1 Å². The number of hydrogen-bond acceptors (Lipinski definition) is 6. The predicted octanol–water partition coefficient (Wildman–Crippen LogP) is 1.37. The molecule has 0 aliphatic rings. The molecule has 0 aliphatic heterocycles. The van der Waals surface area contributed by atoms with Gasteiger partial charge in [-0.1, -0.05) is 6.07 Å². The van der Waals surface area contributed by atoms with E-state index in [1.165, 1.54) is 26.6 Å². The van der Waals surface area contributed by atoms with Crippen LogP contribution in [0.15, 0.2) is 36.8 Å². The minimum atomic E-state index is -0.303. The maximum Gasteiger partial charge on any atom is 0.247 e. The van der Waals surface area contributed by atoms with Crippen molar-refractivity contribution >= 4 is 11.3 Å². The Kier molecular flexibility index (Phi) is 3.23. The van der Waals surface area contributed by atoms with Crippen molar-refractivity contribution in [3.05, 3.63) is 48.0 Å². The van der Waals surface area contributed by atoms with Gasteiger partial charge in [0, 0.05) is 6.20 Å². The highest BCUT2D eigenvalue weighted by atomic mass is 16.5. The normalized spacial score (nSPS) is 10.6. The summed E-state index contributed by atoms with van der Waals surface area (Å²) >= 11 is 0. The maximum absolute atomic E-state index is 12.6. The monoisotopic (exact) mass is 284 g/mol. The van der Waals surface area contributed by atoms with Gasteiger partial charge in [0.2, 0.25) is 17.5 Å². The Balaban J connectivity index is 2.10. The average molecular weight is 284 g/mol. The largest absolute Gasteiger partial charge is 0.480 e. The van der Waals surface area contributed by atoms with Crippen molar-refractivity contribution in [1.29, 1.82) is 0 Å². The standard InChI is InChI=1S/C14H12N4O3/c1-20-11-8-15-12(14(17-11)21-2)13(19)9-7-16-18-6-4-3-5-10(9)18/h3-8H,1-2H3. The van der Waals surface area contributed by atoms with E-state index in [4.69, 9.17) is 9.47 Å². The minimum Gasteiger partial charge on any atom is -0.480 e. The van der Waals surface area contributed by atoms with E-state index in [-0.39, 0.29) is 23.2 Å². The van der Waals surface area contributed by atoms with Crippen LogP contribution in [0.5, 0.6) is 11.8 Å². The van der Waals surface area contributed by atoms with Gasteiger partial charge in [-0.2, -0.15) is 10.1 Å². The van der Waals surface area contributed by atoms with Crippen molar-refractivity contribution in [3.63, 3.8) is 0 Å². The molecular formula is C14H12N4O3. The highest BCUT2D eigenvalue weighted by molar-refractivity contribution is 6.13. The highest BCUT2D eigenvalue weighted by Gasteiger charge is 2.21. The van der Waals surface area contributed by atoms with Gasteiger partial charge in [0.25, 0.3) is 0 Å². The Morgan fingerprint density at radius 1 is 1.19 bits per heavy atom. The molecule has 0 atom stereocenters. The third-order valence-corrected chi connectivity index (χ3v) is 3.01. The van der Waals surface area contributed by atoms with Gasteiger partial charge in [-0.15, -0.1) is 0 Å². The number of carbonyl (C=O) groups is 1. The number of ketones is 1. The minimum absolute atomic E-state index is 0.120. The first-order valence-electron chi connectivity index (χ1n) is 6.16. The van der Waals surface area contributed by atoms with Crippen LogP contribution in [0.4, 0.5) is 0 Å². The molecule has 0 unspecified atom stereocenters. The quantitative estimate of drug-likeness (QED) is 0.673. The van der Waals surface area contributed by atoms with Crippen LogP contribution < -0.4 is 9.47 Å². The van der Waals surface area contributed by atoms with Crippen LogP contribution >= 0.6 is 0 Å². The molecule has 0 bridgehead atoms. The van der Waals surface area contributed by atoms with Crippen LogP contribution in [-0.2, 0) is 0 Å². The molecule has 106 valence electrons. The molecule has 7 heteroatoms. The number of hydrogen-bond donors (Lipinski definition) is 0. The molecule has 0 fully saturated rings. The van der Waals surface area contributed by atoms with E-state index >= 15 is 0 Å².